The van der Waals surface area contributed by atoms with Gasteiger partial charge in [-0.05, 0) is 103 Å². The molecule has 3 saturated carbocycles. The molecule has 0 saturated heterocycles. The number of thiol groups is 1. The highest BCUT2D eigenvalue weighted by atomic mass is 32.1. The molecule has 1 aromatic carbocycles. The molecule has 4 aliphatic rings. The Balaban J connectivity index is 1.54. The van der Waals surface area contributed by atoms with Gasteiger partial charge in [0.1, 0.15) is 11.4 Å². The lowest BCUT2D eigenvalue weighted by Gasteiger charge is -2.60. The average molecular weight is 499 g/mol. The quantitative estimate of drug-likeness (QED) is 0.444. The van der Waals surface area contributed by atoms with Crippen LogP contribution in [0.25, 0.3) is 0 Å². The van der Waals surface area contributed by atoms with Gasteiger partial charge in [-0.15, -0.1) is 12.6 Å². The number of aliphatic hydroxyl groups excluding tert-OH is 1. The molecule has 1 aromatic rings. The van der Waals surface area contributed by atoms with Crippen molar-refractivity contribution in [3.8, 4) is 0 Å². The van der Waals surface area contributed by atoms with E-state index in [1.165, 1.54) is 17.7 Å². The molecule has 0 radical (unpaired) electrons. The van der Waals surface area contributed by atoms with Crippen LogP contribution in [0.3, 0.4) is 0 Å². The maximum absolute atomic E-state index is 13.4. The van der Waals surface area contributed by atoms with Gasteiger partial charge in [0.2, 0.25) is 5.12 Å². The van der Waals surface area contributed by atoms with Gasteiger partial charge in [0, 0.05) is 5.41 Å². The summed E-state index contributed by atoms with van der Waals surface area (Å²) in [6.07, 6.45) is 6.56. The van der Waals surface area contributed by atoms with Crippen LogP contribution in [0.4, 0.5) is 10.1 Å². The number of benzene rings is 1. The highest BCUT2D eigenvalue weighted by molar-refractivity contribution is 7.96. The average Bonchev–Trinajstić information content (AvgIpc) is 3.01. The lowest BCUT2D eigenvalue weighted by atomic mass is 9.45. The van der Waals surface area contributed by atoms with E-state index in [1.807, 2.05) is 13.8 Å². The molecular weight excluding hydrogens is 463 g/mol. The van der Waals surface area contributed by atoms with Gasteiger partial charge < -0.3 is 15.9 Å². The number of allylic oxidation sites excluding steroid dienone is 3. The lowest BCUT2D eigenvalue weighted by molar-refractivity contribution is -0.177. The van der Waals surface area contributed by atoms with Crippen LogP contribution in [0, 0.1) is 40.3 Å². The highest BCUT2D eigenvalue weighted by Crippen LogP contribution is 2.69. The van der Waals surface area contributed by atoms with E-state index in [2.05, 4.69) is 25.6 Å². The SMILES string of the molecule is CC1CC2C3CCC4=CC(=Nc5ccc(F)cc5)C(=CN)CC4(C)C3C(O)CC2(C)C1(O)C(=O)S. The second-order valence-electron chi connectivity index (χ2n) is 11.7. The Morgan fingerprint density at radius 2 is 1.97 bits per heavy atom. The van der Waals surface area contributed by atoms with Crippen LogP contribution in [0.15, 0.2) is 52.7 Å². The second kappa shape index (κ2) is 8.29. The third-order valence-corrected chi connectivity index (χ3v) is 10.4. The molecule has 3 fully saturated rings. The predicted octanol–water partition coefficient (Wildman–Crippen LogP) is 4.72. The zero-order valence-corrected chi connectivity index (χ0v) is 21.4. The van der Waals surface area contributed by atoms with Crippen LogP contribution < -0.4 is 5.73 Å². The number of hydrogen-bond acceptors (Lipinski definition) is 5. The molecule has 0 heterocycles. The van der Waals surface area contributed by atoms with Crippen LogP contribution in [-0.2, 0) is 4.79 Å². The van der Waals surface area contributed by atoms with Crippen molar-refractivity contribution < 1.29 is 19.4 Å². The Bertz CT molecular complexity index is 1150. The van der Waals surface area contributed by atoms with Gasteiger partial charge in [0.15, 0.2) is 0 Å². The first kappa shape index (κ1) is 24.7. The normalized spacial score (nSPS) is 45.0. The van der Waals surface area contributed by atoms with E-state index in [-0.39, 0.29) is 34.9 Å². The van der Waals surface area contributed by atoms with Gasteiger partial charge in [-0.1, -0.05) is 26.3 Å². The molecule has 4 aliphatic carbocycles. The molecule has 5 rings (SSSR count). The number of nitrogens with zero attached hydrogens (tertiary/aromatic N) is 1. The van der Waals surface area contributed by atoms with Crippen molar-refractivity contribution in [1.29, 1.82) is 0 Å². The van der Waals surface area contributed by atoms with Crippen molar-refractivity contribution in [2.24, 2.45) is 45.2 Å². The molecular formula is C28H35FN2O3S. The minimum Gasteiger partial charge on any atom is -0.404 e. The maximum atomic E-state index is 13.4. The fourth-order valence-corrected chi connectivity index (χ4v) is 8.85. The number of aliphatic imine (C=N–C) groups is 1. The molecule has 4 N–H and O–H groups in total. The molecule has 5 nitrogen and oxygen atoms in total. The number of hydrogen-bond donors (Lipinski definition) is 4. The molecule has 0 bridgehead atoms. The summed E-state index contributed by atoms with van der Waals surface area (Å²) in [5.41, 5.74) is 7.14. The number of carbonyl (C=O) groups excluding carboxylic acids is 1. The van der Waals surface area contributed by atoms with Crippen LogP contribution in [0.2, 0.25) is 0 Å². The summed E-state index contributed by atoms with van der Waals surface area (Å²) in [6.45, 7) is 6.12. The smallest absolute Gasteiger partial charge is 0.218 e. The van der Waals surface area contributed by atoms with Crippen molar-refractivity contribution >= 4 is 29.1 Å². The Kier molecular flexibility index (Phi) is 5.85. The van der Waals surface area contributed by atoms with E-state index < -0.39 is 22.2 Å². The number of halogens is 1. The third kappa shape index (κ3) is 3.41. The molecule has 0 aromatic heterocycles. The van der Waals surface area contributed by atoms with Gasteiger partial charge in [0.05, 0.1) is 17.5 Å². The number of nitrogens with two attached hydrogens (primary N) is 1. The summed E-state index contributed by atoms with van der Waals surface area (Å²) in [7, 11) is 0. The van der Waals surface area contributed by atoms with Crippen molar-refractivity contribution in [1.82, 2.24) is 0 Å². The highest BCUT2D eigenvalue weighted by Gasteiger charge is 2.70. The Labute approximate surface area is 211 Å². The summed E-state index contributed by atoms with van der Waals surface area (Å²) >= 11 is 4.09. The molecule has 8 unspecified atom stereocenters. The van der Waals surface area contributed by atoms with E-state index in [0.717, 1.165) is 30.5 Å². The molecule has 0 amide bonds. The van der Waals surface area contributed by atoms with Crippen molar-refractivity contribution in [2.75, 3.05) is 0 Å². The van der Waals surface area contributed by atoms with Gasteiger partial charge in [-0.3, -0.25) is 4.79 Å². The molecule has 188 valence electrons. The maximum Gasteiger partial charge on any atom is 0.218 e. The molecule has 0 spiro atoms. The lowest BCUT2D eigenvalue weighted by Crippen LogP contribution is -2.62. The van der Waals surface area contributed by atoms with Crippen LogP contribution in [0.1, 0.15) is 52.9 Å². The van der Waals surface area contributed by atoms with Crippen LogP contribution in [0.5, 0.6) is 0 Å². The van der Waals surface area contributed by atoms with Crippen molar-refractivity contribution in [3.63, 3.8) is 0 Å². The van der Waals surface area contributed by atoms with Gasteiger partial charge >= 0.3 is 0 Å². The van der Waals surface area contributed by atoms with Crippen LogP contribution in [-0.4, -0.2) is 32.7 Å². The van der Waals surface area contributed by atoms with E-state index in [9.17, 15) is 19.4 Å². The Morgan fingerprint density at radius 3 is 2.60 bits per heavy atom. The summed E-state index contributed by atoms with van der Waals surface area (Å²) in [6, 6.07) is 6.09. The molecule has 35 heavy (non-hydrogen) atoms. The number of carbonyl (C=O) groups is 1. The molecule has 7 heteroatoms. The Hall–Kier alpha value is -1.96. The summed E-state index contributed by atoms with van der Waals surface area (Å²) in [5.74, 6) is -0.206. The second-order valence-corrected chi connectivity index (χ2v) is 12.1. The topological polar surface area (TPSA) is 95.9 Å². The van der Waals surface area contributed by atoms with E-state index >= 15 is 0 Å². The van der Waals surface area contributed by atoms with Gasteiger partial charge in [0.25, 0.3) is 0 Å². The first-order valence-corrected chi connectivity index (χ1v) is 13.0. The zero-order valence-electron chi connectivity index (χ0n) is 20.5. The number of rotatable bonds is 2. The van der Waals surface area contributed by atoms with E-state index in [0.29, 0.717) is 18.5 Å². The van der Waals surface area contributed by atoms with Crippen LogP contribution >= 0.6 is 12.6 Å². The summed E-state index contributed by atoms with van der Waals surface area (Å²) in [5, 5.41) is 22.7. The zero-order chi connectivity index (χ0) is 25.3. The summed E-state index contributed by atoms with van der Waals surface area (Å²) in [4.78, 5) is 17.3. The minimum atomic E-state index is -1.53. The fraction of sp³-hybridized carbons (Fsp3) is 0.571. The van der Waals surface area contributed by atoms with E-state index in [1.54, 1.807) is 18.3 Å². The largest absolute Gasteiger partial charge is 0.404 e. The third-order valence-electron chi connectivity index (χ3n) is 10.1. The standard InChI is InChI=1S/C28H35FN2O3S/c1-15-10-21-20-9-4-17-11-22(31-19-7-5-18(29)6-8-19)16(14-30)12-26(17,2)24(20)23(32)13-27(21,3)28(15,34)25(33)35/h5-8,11,14-15,20-21,23-24,32,34H,4,9-10,12-13,30H2,1-3H3,(H,33,35). The van der Waals surface area contributed by atoms with Crippen molar-refractivity contribution in [2.45, 2.75) is 64.6 Å². The van der Waals surface area contributed by atoms with Gasteiger partial charge in [-0.2, -0.15) is 0 Å². The van der Waals surface area contributed by atoms with Gasteiger partial charge in [-0.25, -0.2) is 9.38 Å². The predicted molar refractivity (Wildman–Crippen MR) is 138 cm³/mol. The molecule has 8 atom stereocenters. The first-order valence-electron chi connectivity index (χ1n) is 12.6. The van der Waals surface area contributed by atoms with Crippen molar-refractivity contribution in [3.05, 3.63) is 53.5 Å². The first-order chi connectivity index (χ1) is 16.5. The summed E-state index contributed by atoms with van der Waals surface area (Å²) < 4.78 is 13.4. The number of fused-ring (bicyclic) bond motifs is 5. The number of aliphatic hydroxyl groups is 2. The van der Waals surface area contributed by atoms with E-state index in [4.69, 9.17) is 10.7 Å². The molecule has 0 aliphatic heterocycles. The Morgan fingerprint density at radius 1 is 1.29 bits per heavy atom. The minimum absolute atomic E-state index is 0.00698. The fourth-order valence-electron chi connectivity index (χ4n) is 8.38. The monoisotopic (exact) mass is 498 g/mol.